The molecule has 0 radical (unpaired) electrons. The molecule has 0 aliphatic carbocycles. The van der Waals surface area contributed by atoms with Crippen molar-refractivity contribution in [2.45, 2.75) is 32.9 Å². The third kappa shape index (κ3) is 4.19. The van der Waals surface area contributed by atoms with Crippen molar-refractivity contribution in [3.05, 3.63) is 95.2 Å². The summed E-state index contributed by atoms with van der Waals surface area (Å²) < 4.78 is 13.0. The van der Waals surface area contributed by atoms with E-state index < -0.39 is 0 Å². The summed E-state index contributed by atoms with van der Waals surface area (Å²) in [6.07, 6.45) is 3.35. The number of carbonyl (C=O) groups is 1. The molecule has 0 spiro atoms. The van der Waals surface area contributed by atoms with Crippen molar-refractivity contribution < 1.29 is 14.3 Å². The normalized spacial score (nSPS) is 12.3. The van der Waals surface area contributed by atoms with Crippen molar-refractivity contribution in [1.29, 1.82) is 0 Å². The molecule has 0 fully saturated rings. The van der Waals surface area contributed by atoms with Crippen LogP contribution in [-0.4, -0.2) is 17.3 Å². The molecule has 5 heteroatoms. The lowest BCUT2D eigenvalue weighted by Gasteiger charge is -2.08. The molecule has 1 amide bonds. The summed E-state index contributed by atoms with van der Waals surface area (Å²) >= 11 is 0. The number of aromatic nitrogens is 1. The first-order chi connectivity index (χ1) is 15.7. The second-order valence-electron chi connectivity index (χ2n) is 8.19. The van der Waals surface area contributed by atoms with Gasteiger partial charge in [0, 0.05) is 36.6 Å². The van der Waals surface area contributed by atoms with Crippen molar-refractivity contribution in [2.24, 2.45) is 0 Å². The van der Waals surface area contributed by atoms with Crippen molar-refractivity contribution in [2.75, 3.05) is 6.79 Å². The van der Waals surface area contributed by atoms with Crippen molar-refractivity contribution in [1.82, 2.24) is 9.88 Å². The number of fused-ring (bicyclic) bond motifs is 2. The monoisotopic (exact) mass is 426 g/mol. The highest BCUT2D eigenvalue weighted by molar-refractivity contribution is 5.85. The fraction of sp³-hybridized carbons (Fsp3) is 0.222. The summed E-state index contributed by atoms with van der Waals surface area (Å²) in [6.45, 7) is 3.70. The van der Waals surface area contributed by atoms with Crippen LogP contribution in [0.25, 0.3) is 10.9 Å². The quantitative estimate of drug-likeness (QED) is 0.454. The van der Waals surface area contributed by atoms with E-state index in [0.29, 0.717) is 19.4 Å². The standard InChI is InChI=1S/C27H26N2O3/c1-19-6-2-3-7-21(19)16-29-17-22(23-8-4-5-9-24(23)29)11-13-27(30)28-15-20-10-12-25-26(14-20)32-18-31-25/h2-10,12,14,17H,11,13,15-16,18H2,1H3,(H,28,30). The van der Waals surface area contributed by atoms with E-state index in [-0.39, 0.29) is 12.7 Å². The zero-order chi connectivity index (χ0) is 21.9. The summed E-state index contributed by atoms with van der Waals surface area (Å²) in [6, 6.07) is 22.6. The Morgan fingerprint density at radius 1 is 0.969 bits per heavy atom. The molecule has 32 heavy (non-hydrogen) atoms. The first-order valence-corrected chi connectivity index (χ1v) is 10.9. The molecular weight excluding hydrogens is 400 g/mol. The van der Waals surface area contributed by atoms with E-state index in [2.05, 4.69) is 71.5 Å². The van der Waals surface area contributed by atoms with Crippen LogP contribution in [0.4, 0.5) is 0 Å². The van der Waals surface area contributed by atoms with Gasteiger partial charge < -0.3 is 19.4 Å². The second-order valence-corrected chi connectivity index (χ2v) is 8.19. The Labute approximate surface area is 187 Å². The van der Waals surface area contributed by atoms with Gasteiger partial charge in [-0.3, -0.25) is 4.79 Å². The number of carbonyl (C=O) groups excluding carboxylic acids is 1. The smallest absolute Gasteiger partial charge is 0.231 e. The molecule has 0 atom stereocenters. The van der Waals surface area contributed by atoms with E-state index in [9.17, 15) is 4.79 Å². The van der Waals surface area contributed by atoms with E-state index in [1.165, 1.54) is 27.6 Å². The zero-order valence-electron chi connectivity index (χ0n) is 18.1. The van der Waals surface area contributed by atoms with Gasteiger partial charge in [-0.25, -0.2) is 0 Å². The number of hydrogen-bond donors (Lipinski definition) is 1. The van der Waals surface area contributed by atoms with Crippen molar-refractivity contribution in [3.63, 3.8) is 0 Å². The summed E-state index contributed by atoms with van der Waals surface area (Å²) in [5.74, 6) is 1.53. The maximum Gasteiger partial charge on any atom is 0.231 e. The SMILES string of the molecule is Cc1ccccc1Cn1cc(CCC(=O)NCc2ccc3c(c2)OCO3)c2ccccc21. The molecule has 5 nitrogen and oxygen atoms in total. The number of aryl methyl sites for hydroxylation is 2. The first-order valence-electron chi connectivity index (χ1n) is 10.9. The van der Waals surface area contributed by atoms with Crippen LogP contribution in [0.15, 0.2) is 72.9 Å². The Hall–Kier alpha value is -3.73. The molecule has 0 unspecified atom stereocenters. The maximum atomic E-state index is 12.5. The highest BCUT2D eigenvalue weighted by atomic mass is 16.7. The minimum absolute atomic E-state index is 0.0402. The van der Waals surface area contributed by atoms with E-state index in [1.54, 1.807) is 0 Å². The highest BCUT2D eigenvalue weighted by Gasteiger charge is 2.14. The molecule has 0 bridgehead atoms. The molecule has 1 N–H and O–H groups in total. The number of para-hydroxylation sites is 1. The predicted octanol–water partition coefficient (Wildman–Crippen LogP) is 4.98. The van der Waals surface area contributed by atoms with Crippen LogP contribution in [0.1, 0.15) is 28.7 Å². The summed E-state index contributed by atoms with van der Waals surface area (Å²) in [5.41, 5.74) is 5.99. The lowest BCUT2D eigenvalue weighted by molar-refractivity contribution is -0.121. The molecule has 5 rings (SSSR count). The van der Waals surface area contributed by atoms with Gasteiger partial charge in [0.1, 0.15) is 0 Å². The van der Waals surface area contributed by atoms with Gasteiger partial charge in [-0.2, -0.15) is 0 Å². The number of ether oxygens (including phenoxy) is 2. The topological polar surface area (TPSA) is 52.5 Å². The van der Waals surface area contributed by atoms with Gasteiger partial charge in [0.25, 0.3) is 0 Å². The van der Waals surface area contributed by atoms with E-state index in [1.807, 2.05) is 18.2 Å². The molecule has 0 saturated carbocycles. The number of nitrogens with one attached hydrogen (secondary N) is 1. The van der Waals surface area contributed by atoms with Gasteiger partial charge in [0.2, 0.25) is 12.7 Å². The largest absolute Gasteiger partial charge is 0.454 e. The number of rotatable bonds is 7. The number of hydrogen-bond acceptors (Lipinski definition) is 3. The third-order valence-electron chi connectivity index (χ3n) is 6.02. The number of nitrogens with zero attached hydrogens (tertiary/aromatic N) is 1. The first kappa shape index (κ1) is 20.2. The van der Waals surface area contributed by atoms with Crippen LogP contribution >= 0.6 is 0 Å². The molecule has 4 aromatic rings. The average molecular weight is 427 g/mol. The van der Waals surface area contributed by atoms with Crippen LogP contribution in [0, 0.1) is 6.92 Å². The lowest BCUT2D eigenvalue weighted by Crippen LogP contribution is -2.22. The van der Waals surface area contributed by atoms with Gasteiger partial charge in [-0.05, 0) is 53.8 Å². The minimum atomic E-state index is 0.0402. The Kier molecular flexibility index (Phi) is 5.55. The van der Waals surface area contributed by atoms with E-state index in [4.69, 9.17) is 9.47 Å². The van der Waals surface area contributed by atoms with E-state index in [0.717, 1.165) is 23.6 Å². The van der Waals surface area contributed by atoms with Crippen molar-refractivity contribution in [3.8, 4) is 11.5 Å². The molecule has 1 aromatic heterocycles. The fourth-order valence-electron chi connectivity index (χ4n) is 4.21. The molecule has 162 valence electrons. The average Bonchev–Trinajstić information content (AvgIpc) is 3.42. The summed E-state index contributed by atoms with van der Waals surface area (Å²) in [5, 5.41) is 4.23. The van der Waals surface area contributed by atoms with Crippen molar-refractivity contribution >= 4 is 16.8 Å². The number of benzene rings is 3. The Morgan fingerprint density at radius 3 is 2.69 bits per heavy atom. The Bertz CT molecular complexity index is 1280. The van der Waals surface area contributed by atoms with Gasteiger partial charge in [0.15, 0.2) is 11.5 Å². The highest BCUT2D eigenvalue weighted by Crippen LogP contribution is 2.32. The molecular formula is C27H26N2O3. The van der Waals surface area contributed by atoms with Gasteiger partial charge in [-0.1, -0.05) is 48.5 Å². The van der Waals surface area contributed by atoms with Gasteiger partial charge in [0.05, 0.1) is 0 Å². The molecule has 1 aliphatic heterocycles. The van der Waals surface area contributed by atoms with Crippen LogP contribution in [-0.2, 0) is 24.3 Å². The van der Waals surface area contributed by atoms with Gasteiger partial charge >= 0.3 is 0 Å². The van der Waals surface area contributed by atoms with Crippen LogP contribution in [0.2, 0.25) is 0 Å². The molecule has 3 aromatic carbocycles. The van der Waals surface area contributed by atoms with Crippen LogP contribution in [0.5, 0.6) is 11.5 Å². The third-order valence-corrected chi connectivity index (χ3v) is 6.02. The maximum absolute atomic E-state index is 12.5. The van der Waals surface area contributed by atoms with Gasteiger partial charge in [-0.15, -0.1) is 0 Å². The second kappa shape index (κ2) is 8.79. The number of amides is 1. The molecule has 1 aliphatic rings. The van der Waals surface area contributed by atoms with Crippen LogP contribution < -0.4 is 14.8 Å². The van der Waals surface area contributed by atoms with E-state index >= 15 is 0 Å². The zero-order valence-corrected chi connectivity index (χ0v) is 18.1. The minimum Gasteiger partial charge on any atom is -0.454 e. The Morgan fingerprint density at radius 2 is 1.78 bits per heavy atom. The molecule has 0 saturated heterocycles. The van der Waals surface area contributed by atoms with Crippen LogP contribution in [0.3, 0.4) is 0 Å². The molecule has 2 heterocycles. The Balaban J connectivity index is 1.25. The summed E-state index contributed by atoms with van der Waals surface area (Å²) in [4.78, 5) is 12.5. The predicted molar refractivity (Wildman–Crippen MR) is 125 cm³/mol. The lowest BCUT2D eigenvalue weighted by atomic mass is 10.1. The fourth-order valence-corrected chi connectivity index (χ4v) is 4.21. The summed E-state index contributed by atoms with van der Waals surface area (Å²) in [7, 11) is 0.